The van der Waals surface area contributed by atoms with Gasteiger partial charge in [0.2, 0.25) is 0 Å². The molecule has 17 heavy (non-hydrogen) atoms. The predicted octanol–water partition coefficient (Wildman–Crippen LogP) is 3.27. The lowest BCUT2D eigenvalue weighted by atomic mass is 9.51. The molecule has 1 unspecified atom stereocenters. The van der Waals surface area contributed by atoms with Crippen molar-refractivity contribution >= 4 is 17.7 Å². The fourth-order valence-electron chi connectivity index (χ4n) is 5.12. The van der Waals surface area contributed by atoms with E-state index in [1.54, 1.807) is 11.8 Å². The fraction of sp³-hybridized carbons (Fsp3) is 0.929. The Morgan fingerprint density at radius 3 is 2.12 bits per heavy atom. The SMILES string of the molecule is CSC(CC(=O)O)C1C2CC3CC(C2)CC1C3. The summed E-state index contributed by atoms with van der Waals surface area (Å²) in [6, 6.07) is 0. The number of carboxylic acids is 1. The van der Waals surface area contributed by atoms with Crippen LogP contribution in [0.1, 0.15) is 38.5 Å². The van der Waals surface area contributed by atoms with Gasteiger partial charge in [-0.2, -0.15) is 11.8 Å². The van der Waals surface area contributed by atoms with Crippen LogP contribution in [0, 0.1) is 29.6 Å². The third-order valence-corrected chi connectivity index (χ3v) is 6.49. The van der Waals surface area contributed by atoms with Crippen LogP contribution in [0.3, 0.4) is 0 Å². The maximum Gasteiger partial charge on any atom is 0.304 e. The zero-order valence-electron chi connectivity index (χ0n) is 10.5. The largest absolute Gasteiger partial charge is 0.481 e. The van der Waals surface area contributed by atoms with E-state index in [9.17, 15) is 4.79 Å². The summed E-state index contributed by atoms with van der Waals surface area (Å²) in [6.07, 6.45) is 9.53. The smallest absolute Gasteiger partial charge is 0.304 e. The highest BCUT2D eigenvalue weighted by atomic mass is 32.2. The maximum atomic E-state index is 11.0. The van der Waals surface area contributed by atoms with Crippen molar-refractivity contribution in [1.29, 1.82) is 0 Å². The minimum Gasteiger partial charge on any atom is -0.481 e. The zero-order chi connectivity index (χ0) is 12.0. The molecule has 1 N–H and O–H groups in total. The van der Waals surface area contributed by atoms with Crippen molar-refractivity contribution in [1.82, 2.24) is 0 Å². The number of carbonyl (C=O) groups is 1. The first-order chi connectivity index (χ1) is 8.17. The van der Waals surface area contributed by atoms with Crippen molar-refractivity contribution in [2.75, 3.05) is 6.26 Å². The maximum absolute atomic E-state index is 11.0. The summed E-state index contributed by atoms with van der Waals surface area (Å²) in [4.78, 5) is 11.0. The van der Waals surface area contributed by atoms with E-state index in [1.165, 1.54) is 32.1 Å². The Balaban J connectivity index is 1.76. The quantitative estimate of drug-likeness (QED) is 0.836. The second-order valence-corrected chi connectivity index (χ2v) is 7.46. The first-order valence-corrected chi connectivity index (χ1v) is 8.20. The number of aliphatic carboxylic acids is 1. The van der Waals surface area contributed by atoms with E-state index in [0.29, 0.717) is 17.6 Å². The minimum atomic E-state index is -0.613. The molecule has 0 aliphatic heterocycles. The van der Waals surface area contributed by atoms with E-state index in [1.807, 2.05) is 0 Å². The van der Waals surface area contributed by atoms with E-state index in [-0.39, 0.29) is 0 Å². The summed E-state index contributed by atoms with van der Waals surface area (Å²) in [5, 5.41) is 9.42. The molecule has 4 rings (SSSR count). The Bertz CT molecular complexity index is 287. The Hall–Kier alpha value is -0.180. The summed E-state index contributed by atoms with van der Waals surface area (Å²) in [5.41, 5.74) is 0. The van der Waals surface area contributed by atoms with Gasteiger partial charge in [-0.3, -0.25) is 4.79 Å². The molecule has 0 heterocycles. The third kappa shape index (κ3) is 2.11. The highest BCUT2D eigenvalue weighted by molar-refractivity contribution is 7.99. The van der Waals surface area contributed by atoms with Gasteiger partial charge in [0.1, 0.15) is 0 Å². The molecule has 4 bridgehead atoms. The first kappa shape index (κ1) is 11.9. The topological polar surface area (TPSA) is 37.3 Å². The first-order valence-electron chi connectivity index (χ1n) is 6.92. The van der Waals surface area contributed by atoms with Crippen LogP contribution in [0.5, 0.6) is 0 Å². The van der Waals surface area contributed by atoms with Gasteiger partial charge in [0.15, 0.2) is 0 Å². The Morgan fingerprint density at radius 1 is 1.18 bits per heavy atom. The molecule has 4 saturated carbocycles. The van der Waals surface area contributed by atoms with Crippen LogP contribution < -0.4 is 0 Å². The van der Waals surface area contributed by atoms with Crippen LogP contribution in [-0.2, 0) is 4.79 Å². The summed E-state index contributed by atoms with van der Waals surface area (Å²) >= 11 is 1.80. The third-order valence-electron chi connectivity index (χ3n) is 5.41. The molecule has 4 aliphatic rings. The van der Waals surface area contributed by atoms with Crippen LogP contribution in [0.2, 0.25) is 0 Å². The molecule has 96 valence electrons. The van der Waals surface area contributed by atoms with Crippen LogP contribution in [0.25, 0.3) is 0 Å². The molecular formula is C14H22O2S. The minimum absolute atomic E-state index is 0.363. The van der Waals surface area contributed by atoms with Crippen LogP contribution >= 0.6 is 11.8 Å². The van der Waals surface area contributed by atoms with Crippen molar-refractivity contribution in [3.8, 4) is 0 Å². The summed E-state index contributed by atoms with van der Waals surface area (Å²) in [6.45, 7) is 0. The second kappa shape index (κ2) is 4.49. The van der Waals surface area contributed by atoms with E-state index in [2.05, 4.69) is 6.26 Å². The van der Waals surface area contributed by atoms with Gasteiger partial charge in [0.05, 0.1) is 6.42 Å². The lowest BCUT2D eigenvalue weighted by molar-refractivity contribution is -0.138. The number of hydrogen-bond acceptors (Lipinski definition) is 2. The van der Waals surface area contributed by atoms with Crippen molar-refractivity contribution in [3.63, 3.8) is 0 Å². The highest BCUT2D eigenvalue weighted by Gasteiger charge is 2.50. The van der Waals surface area contributed by atoms with Gasteiger partial charge < -0.3 is 5.11 Å². The molecule has 3 heteroatoms. The zero-order valence-corrected chi connectivity index (χ0v) is 11.3. The van der Waals surface area contributed by atoms with Gasteiger partial charge in [-0.1, -0.05) is 0 Å². The van der Waals surface area contributed by atoms with Crippen molar-refractivity contribution in [3.05, 3.63) is 0 Å². The van der Waals surface area contributed by atoms with Crippen molar-refractivity contribution in [2.24, 2.45) is 29.6 Å². The summed E-state index contributed by atoms with van der Waals surface area (Å²) in [5.74, 6) is 3.76. The number of hydrogen-bond donors (Lipinski definition) is 1. The molecule has 0 aromatic rings. The molecule has 4 aliphatic carbocycles. The molecule has 0 amide bonds. The molecule has 0 saturated heterocycles. The normalized spacial score (nSPS) is 44.9. The molecular weight excluding hydrogens is 232 g/mol. The highest BCUT2D eigenvalue weighted by Crippen LogP contribution is 2.58. The Morgan fingerprint density at radius 2 is 1.71 bits per heavy atom. The van der Waals surface area contributed by atoms with Gasteiger partial charge in [-0.15, -0.1) is 0 Å². The summed E-state index contributed by atoms with van der Waals surface area (Å²) in [7, 11) is 0. The molecule has 2 nitrogen and oxygen atoms in total. The van der Waals surface area contributed by atoms with Crippen LogP contribution in [0.4, 0.5) is 0 Å². The molecule has 0 radical (unpaired) electrons. The Labute approximate surface area is 108 Å². The standard InChI is InChI=1S/C14H22O2S/c1-17-12(7-13(15)16)14-10-3-8-2-9(5-10)6-11(14)4-8/h8-12,14H,2-7H2,1H3,(H,15,16). The molecule has 0 aromatic carbocycles. The number of thioether (sulfide) groups is 1. The van der Waals surface area contributed by atoms with Gasteiger partial charge in [-0.25, -0.2) is 0 Å². The van der Waals surface area contributed by atoms with Gasteiger partial charge >= 0.3 is 5.97 Å². The lowest BCUT2D eigenvalue weighted by Crippen LogP contribution is -2.48. The molecule has 0 aromatic heterocycles. The van der Waals surface area contributed by atoms with Crippen molar-refractivity contribution in [2.45, 2.75) is 43.8 Å². The van der Waals surface area contributed by atoms with E-state index in [0.717, 1.165) is 23.7 Å². The predicted molar refractivity (Wildman–Crippen MR) is 70.1 cm³/mol. The molecule has 1 atom stereocenters. The number of carboxylic acid groups (broad SMARTS) is 1. The fourth-order valence-corrected chi connectivity index (χ4v) is 6.19. The van der Waals surface area contributed by atoms with E-state index < -0.39 is 5.97 Å². The summed E-state index contributed by atoms with van der Waals surface area (Å²) < 4.78 is 0. The second-order valence-electron chi connectivity index (χ2n) is 6.38. The Kier molecular flexibility index (Phi) is 3.14. The lowest BCUT2D eigenvalue weighted by Gasteiger charge is -2.56. The monoisotopic (exact) mass is 254 g/mol. The number of rotatable bonds is 4. The van der Waals surface area contributed by atoms with Gasteiger partial charge in [0, 0.05) is 5.25 Å². The van der Waals surface area contributed by atoms with Crippen molar-refractivity contribution < 1.29 is 9.90 Å². The van der Waals surface area contributed by atoms with Gasteiger partial charge in [0.25, 0.3) is 0 Å². The molecule has 4 fully saturated rings. The van der Waals surface area contributed by atoms with E-state index >= 15 is 0 Å². The average molecular weight is 254 g/mol. The van der Waals surface area contributed by atoms with Crippen LogP contribution in [0.15, 0.2) is 0 Å². The molecule has 0 spiro atoms. The van der Waals surface area contributed by atoms with E-state index in [4.69, 9.17) is 5.11 Å². The van der Waals surface area contributed by atoms with Crippen LogP contribution in [-0.4, -0.2) is 22.6 Å². The van der Waals surface area contributed by atoms with Gasteiger partial charge in [-0.05, 0) is 67.9 Å². The average Bonchev–Trinajstić information content (AvgIpc) is 2.25.